The van der Waals surface area contributed by atoms with Gasteiger partial charge in [-0.3, -0.25) is 9.36 Å². The van der Waals surface area contributed by atoms with Crippen LogP contribution in [-0.2, 0) is 13.6 Å². The van der Waals surface area contributed by atoms with E-state index in [1.54, 1.807) is 16.8 Å². The van der Waals surface area contributed by atoms with E-state index in [0.29, 0.717) is 23.3 Å². The Morgan fingerprint density at radius 2 is 2.10 bits per heavy atom. The van der Waals surface area contributed by atoms with Gasteiger partial charge in [-0.05, 0) is 19.1 Å². The van der Waals surface area contributed by atoms with E-state index in [0.717, 1.165) is 5.82 Å². The first-order valence-electron chi connectivity index (χ1n) is 6.67. The van der Waals surface area contributed by atoms with Crippen molar-refractivity contribution in [2.75, 3.05) is 0 Å². The largest absolute Gasteiger partial charge is 0.337 e. The van der Waals surface area contributed by atoms with E-state index in [9.17, 15) is 4.79 Å². The molecule has 108 valence electrons. The summed E-state index contributed by atoms with van der Waals surface area (Å²) in [5.74, 6) is 1.34. The first-order chi connectivity index (χ1) is 10.1. The maximum Gasteiger partial charge on any atom is 0.261 e. The molecular formula is C15H15ClN4O. The fraction of sp³-hybridized carbons (Fsp3) is 0.267. The average Bonchev–Trinajstić information content (AvgIpc) is 2.87. The quantitative estimate of drug-likeness (QED) is 0.698. The first kappa shape index (κ1) is 13.8. The van der Waals surface area contributed by atoms with Crippen LogP contribution in [0, 0.1) is 0 Å². The second-order valence-corrected chi connectivity index (χ2v) is 5.60. The van der Waals surface area contributed by atoms with Crippen molar-refractivity contribution in [3.05, 3.63) is 58.7 Å². The summed E-state index contributed by atoms with van der Waals surface area (Å²) in [6, 6.07) is 7.30. The van der Waals surface area contributed by atoms with Crippen LogP contribution in [0.2, 0.25) is 0 Å². The molecule has 6 heteroatoms. The molecule has 1 unspecified atom stereocenters. The molecule has 0 bridgehead atoms. The summed E-state index contributed by atoms with van der Waals surface area (Å²) in [4.78, 5) is 21.5. The Labute approximate surface area is 126 Å². The van der Waals surface area contributed by atoms with Gasteiger partial charge in [0.1, 0.15) is 11.6 Å². The van der Waals surface area contributed by atoms with Gasteiger partial charge in [-0.1, -0.05) is 12.1 Å². The van der Waals surface area contributed by atoms with Gasteiger partial charge in [-0.2, -0.15) is 0 Å². The molecule has 0 aliphatic rings. The van der Waals surface area contributed by atoms with Crippen LogP contribution >= 0.6 is 11.6 Å². The molecule has 0 spiro atoms. The third-order valence-corrected chi connectivity index (χ3v) is 3.66. The van der Waals surface area contributed by atoms with Crippen LogP contribution in [0.4, 0.5) is 0 Å². The Morgan fingerprint density at radius 1 is 1.33 bits per heavy atom. The zero-order chi connectivity index (χ0) is 15.0. The standard InChI is InChI=1S/C15H15ClN4O/c1-10(16)14-18-12-6-4-3-5-11(12)15(21)20(14)9-13-17-7-8-19(13)2/h3-8,10H,9H2,1-2H3. The Morgan fingerprint density at radius 3 is 2.76 bits per heavy atom. The molecule has 2 heterocycles. The summed E-state index contributed by atoms with van der Waals surface area (Å²) in [6.07, 6.45) is 3.55. The van der Waals surface area contributed by atoms with Crippen molar-refractivity contribution in [2.45, 2.75) is 18.8 Å². The molecule has 2 aromatic heterocycles. The second kappa shape index (κ2) is 5.33. The lowest BCUT2D eigenvalue weighted by atomic mass is 10.2. The van der Waals surface area contributed by atoms with E-state index < -0.39 is 0 Å². The number of nitrogens with zero attached hydrogens (tertiary/aromatic N) is 4. The summed E-state index contributed by atoms with van der Waals surface area (Å²) in [5.41, 5.74) is 0.576. The van der Waals surface area contributed by atoms with Gasteiger partial charge in [-0.25, -0.2) is 9.97 Å². The Hall–Kier alpha value is -2.14. The molecule has 0 saturated carbocycles. The van der Waals surface area contributed by atoms with E-state index in [1.165, 1.54) is 0 Å². The van der Waals surface area contributed by atoms with Crippen molar-refractivity contribution in [1.29, 1.82) is 0 Å². The highest BCUT2D eigenvalue weighted by molar-refractivity contribution is 6.20. The van der Waals surface area contributed by atoms with Crippen molar-refractivity contribution in [3.8, 4) is 0 Å². The van der Waals surface area contributed by atoms with Crippen molar-refractivity contribution in [3.63, 3.8) is 0 Å². The number of aromatic nitrogens is 4. The highest BCUT2D eigenvalue weighted by Gasteiger charge is 2.16. The van der Waals surface area contributed by atoms with Crippen LogP contribution in [-0.4, -0.2) is 19.1 Å². The van der Waals surface area contributed by atoms with Crippen LogP contribution in [0.15, 0.2) is 41.5 Å². The summed E-state index contributed by atoms with van der Waals surface area (Å²) < 4.78 is 3.48. The van der Waals surface area contributed by atoms with E-state index in [1.807, 2.05) is 42.9 Å². The summed E-state index contributed by atoms with van der Waals surface area (Å²) in [7, 11) is 1.89. The smallest absolute Gasteiger partial charge is 0.261 e. The predicted octanol–water partition coefficient (Wildman–Crippen LogP) is 2.48. The monoisotopic (exact) mass is 302 g/mol. The molecule has 1 aromatic carbocycles. The number of hydrogen-bond acceptors (Lipinski definition) is 3. The maximum absolute atomic E-state index is 12.7. The highest BCUT2D eigenvalue weighted by Crippen LogP contribution is 2.19. The summed E-state index contributed by atoms with van der Waals surface area (Å²) >= 11 is 6.21. The van der Waals surface area contributed by atoms with Gasteiger partial charge in [0.05, 0.1) is 22.8 Å². The number of fused-ring (bicyclic) bond motifs is 1. The van der Waals surface area contributed by atoms with E-state index >= 15 is 0 Å². The molecule has 5 nitrogen and oxygen atoms in total. The lowest BCUT2D eigenvalue weighted by Crippen LogP contribution is -2.27. The van der Waals surface area contributed by atoms with Gasteiger partial charge in [-0.15, -0.1) is 11.6 Å². The number of alkyl halides is 1. The number of imidazole rings is 1. The number of benzene rings is 1. The average molecular weight is 303 g/mol. The van der Waals surface area contributed by atoms with Crippen LogP contribution in [0.5, 0.6) is 0 Å². The molecule has 1 atom stereocenters. The number of hydrogen-bond donors (Lipinski definition) is 0. The van der Waals surface area contributed by atoms with Gasteiger partial charge in [0, 0.05) is 19.4 Å². The van der Waals surface area contributed by atoms with Crippen molar-refractivity contribution >= 4 is 22.5 Å². The number of rotatable bonds is 3. The number of halogens is 1. The molecule has 0 N–H and O–H groups in total. The van der Waals surface area contributed by atoms with Gasteiger partial charge in [0.25, 0.3) is 5.56 Å². The van der Waals surface area contributed by atoms with Crippen molar-refractivity contribution in [2.24, 2.45) is 7.05 Å². The molecular weight excluding hydrogens is 288 g/mol. The highest BCUT2D eigenvalue weighted by atomic mass is 35.5. The fourth-order valence-electron chi connectivity index (χ4n) is 2.33. The predicted molar refractivity (Wildman–Crippen MR) is 82.6 cm³/mol. The van der Waals surface area contributed by atoms with Crippen LogP contribution in [0.3, 0.4) is 0 Å². The molecule has 0 saturated heterocycles. The lowest BCUT2D eigenvalue weighted by Gasteiger charge is -2.14. The third-order valence-electron chi connectivity index (χ3n) is 3.47. The first-order valence-corrected chi connectivity index (χ1v) is 7.11. The molecule has 0 radical (unpaired) electrons. The minimum Gasteiger partial charge on any atom is -0.337 e. The molecule has 3 rings (SSSR count). The zero-order valence-electron chi connectivity index (χ0n) is 11.8. The SMILES string of the molecule is CC(Cl)c1nc2ccccc2c(=O)n1Cc1nccn1C. The normalized spacial score (nSPS) is 12.7. The summed E-state index contributed by atoms with van der Waals surface area (Å²) in [5, 5.41) is 0.232. The van der Waals surface area contributed by atoms with Crippen LogP contribution in [0.1, 0.15) is 23.9 Å². The minimum atomic E-state index is -0.359. The lowest BCUT2D eigenvalue weighted by molar-refractivity contribution is 0.631. The topological polar surface area (TPSA) is 52.7 Å². The Bertz CT molecular complexity index is 850. The molecule has 0 aliphatic heterocycles. The van der Waals surface area contributed by atoms with Crippen molar-refractivity contribution in [1.82, 2.24) is 19.1 Å². The number of aryl methyl sites for hydroxylation is 1. The van der Waals surface area contributed by atoms with Crippen molar-refractivity contribution < 1.29 is 0 Å². The molecule has 0 amide bonds. The van der Waals surface area contributed by atoms with E-state index in [2.05, 4.69) is 9.97 Å². The minimum absolute atomic E-state index is 0.0916. The molecule has 0 fully saturated rings. The second-order valence-electron chi connectivity index (χ2n) is 4.95. The van der Waals surface area contributed by atoms with Gasteiger partial charge >= 0.3 is 0 Å². The van der Waals surface area contributed by atoms with Gasteiger partial charge in [0.2, 0.25) is 0 Å². The van der Waals surface area contributed by atoms with Gasteiger partial charge in [0.15, 0.2) is 0 Å². The third kappa shape index (κ3) is 2.45. The number of para-hydroxylation sites is 1. The van der Waals surface area contributed by atoms with Crippen LogP contribution in [0.25, 0.3) is 10.9 Å². The Kier molecular flexibility index (Phi) is 3.51. The fourth-order valence-corrected chi connectivity index (χ4v) is 2.50. The van der Waals surface area contributed by atoms with E-state index in [-0.39, 0.29) is 10.9 Å². The summed E-state index contributed by atoms with van der Waals surface area (Å²) in [6.45, 7) is 2.17. The molecule has 3 aromatic rings. The van der Waals surface area contributed by atoms with Gasteiger partial charge < -0.3 is 4.57 Å². The molecule has 21 heavy (non-hydrogen) atoms. The Balaban J connectivity index is 2.24. The maximum atomic E-state index is 12.7. The van der Waals surface area contributed by atoms with E-state index in [4.69, 9.17) is 11.6 Å². The van der Waals surface area contributed by atoms with Crippen LogP contribution < -0.4 is 5.56 Å². The molecule has 0 aliphatic carbocycles. The zero-order valence-corrected chi connectivity index (χ0v) is 12.6.